The van der Waals surface area contributed by atoms with Crippen LogP contribution in [0.2, 0.25) is 0 Å². The van der Waals surface area contributed by atoms with E-state index in [0.717, 1.165) is 22.4 Å². The number of benzene rings is 2. The molecule has 0 radical (unpaired) electrons. The van der Waals surface area contributed by atoms with Crippen LogP contribution in [-0.4, -0.2) is 29.5 Å². The van der Waals surface area contributed by atoms with E-state index in [-0.39, 0.29) is 11.0 Å². The van der Waals surface area contributed by atoms with E-state index in [1.54, 1.807) is 26.5 Å². The van der Waals surface area contributed by atoms with Gasteiger partial charge in [0.15, 0.2) is 11.5 Å². The van der Waals surface area contributed by atoms with Gasteiger partial charge in [-0.05, 0) is 42.3 Å². The number of hydrogen-bond donors (Lipinski definition) is 3. The molecular weight excluding hydrogens is 336 g/mol. The van der Waals surface area contributed by atoms with Crippen molar-refractivity contribution in [1.29, 1.82) is 0 Å². The number of nitrogens with one attached hydrogen (secondary N) is 1. The maximum Gasteiger partial charge on any atom is 0.161 e. The molecule has 0 saturated carbocycles. The molecule has 0 saturated heterocycles. The number of hydrogen-bond acceptors (Lipinski definition) is 5. The first-order chi connectivity index (χ1) is 12.0. The zero-order valence-corrected chi connectivity index (χ0v) is 15.2. The van der Waals surface area contributed by atoms with Gasteiger partial charge in [0.2, 0.25) is 0 Å². The Morgan fingerprint density at radius 3 is 2.44 bits per heavy atom. The van der Waals surface area contributed by atoms with E-state index >= 15 is 0 Å². The number of rotatable bonds is 5. The van der Waals surface area contributed by atoms with Gasteiger partial charge in [0.25, 0.3) is 0 Å². The maximum absolute atomic E-state index is 10.4. The highest BCUT2D eigenvalue weighted by atomic mass is 32.1. The third-order valence-corrected chi connectivity index (χ3v) is 4.41. The molecule has 0 spiro atoms. The quantitative estimate of drug-likeness (QED) is 0.591. The molecule has 1 unspecified atom stereocenters. The Morgan fingerprint density at radius 2 is 1.80 bits per heavy atom. The molecule has 0 aliphatic rings. The van der Waals surface area contributed by atoms with Gasteiger partial charge in [-0.1, -0.05) is 12.1 Å². The van der Waals surface area contributed by atoms with Gasteiger partial charge in [0, 0.05) is 16.4 Å². The Morgan fingerprint density at radius 1 is 1.04 bits per heavy atom. The summed E-state index contributed by atoms with van der Waals surface area (Å²) in [6, 6.07) is 11.2. The Bertz CT molecular complexity index is 890. The fourth-order valence-corrected chi connectivity index (χ4v) is 2.89. The average molecular weight is 356 g/mol. The number of methoxy groups -OCH3 is 2. The Hall–Kier alpha value is -2.60. The first-order valence-corrected chi connectivity index (χ1v) is 8.34. The van der Waals surface area contributed by atoms with E-state index in [9.17, 15) is 5.11 Å². The number of phenolic OH excluding ortho intramolecular Hbond substituents is 1. The Labute approximate surface area is 152 Å². The first kappa shape index (κ1) is 17.2. The third kappa shape index (κ3) is 3.30. The van der Waals surface area contributed by atoms with Crippen molar-refractivity contribution < 1.29 is 14.6 Å². The number of H-pyrrole nitrogens is 1. The molecule has 2 N–H and O–H groups in total. The van der Waals surface area contributed by atoms with Crippen molar-refractivity contribution in [3.05, 3.63) is 48.2 Å². The predicted octanol–water partition coefficient (Wildman–Crippen LogP) is 4.46. The highest BCUT2D eigenvalue weighted by Gasteiger charge is 2.16. The number of aromatic nitrogens is 2. The van der Waals surface area contributed by atoms with E-state index in [4.69, 9.17) is 9.47 Å². The molecule has 2 aromatic carbocycles. The fraction of sp³-hybridized carbons (Fsp3) is 0.211. The summed E-state index contributed by atoms with van der Waals surface area (Å²) in [5, 5.41) is 17.6. The summed E-state index contributed by atoms with van der Waals surface area (Å²) >= 11 is 4.41. The first-order valence-electron chi connectivity index (χ1n) is 7.82. The van der Waals surface area contributed by atoms with Crippen LogP contribution in [0.25, 0.3) is 22.4 Å². The van der Waals surface area contributed by atoms with Crippen LogP contribution in [0.3, 0.4) is 0 Å². The molecule has 0 bridgehead atoms. The molecule has 130 valence electrons. The number of aromatic hydroxyl groups is 1. The highest BCUT2D eigenvalue weighted by Crippen LogP contribution is 2.39. The molecule has 3 aromatic rings. The van der Waals surface area contributed by atoms with Crippen molar-refractivity contribution in [2.24, 2.45) is 0 Å². The third-order valence-electron chi connectivity index (χ3n) is 4.11. The second-order valence-corrected chi connectivity index (χ2v) is 6.46. The lowest BCUT2D eigenvalue weighted by Crippen LogP contribution is -1.91. The summed E-state index contributed by atoms with van der Waals surface area (Å²) in [7, 11) is 3.20. The minimum absolute atomic E-state index is 0.0482. The maximum atomic E-state index is 10.4. The van der Waals surface area contributed by atoms with E-state index in [0.29, 0.717) is 17.1 Å². The Balaban J connectivity index is 2.07. The summed E-state index contributed by atoms with van der Waals surface area (Å²) < 4.78 is 10.7. The zero-order chi connectivity index (χ0) is 18.0. The van der Waals surface area contributed by atoms with Crippen LogP contribution in [0.1, 0.15) is 17.7 Å². The zero-order valence-electron chi connectivity index (χ0n) is 14.3. The van der Waals surface area contributed by atoms with Crippen molar-refractivity contribution in [3.63, 3.8) is 0 Å². The molecule has 1 atom stereocenters. The van der Waals surface area contributed by atoms with Gasteiger partial charge in [-0.25, -0.2) is 0 Å². The van der Waals surface area contributed by atoms with Gasteiger partial charge in [-0.2, -0.15) is 17.7 Å². The standard InChI is InChI=1S/C19H20N2O3S/c1-11(25)12-4-6-14(16(22)8-12)19-15(10-20-21-19)13-5-7-17(23-2)18(9-13)24-3/h4-11,22,25H,1-3H3,(H,20,21). The van der Waals surface area contributed by atoms with Crippen LogP contribution < -0.4 is 9.47 Å². The van der Waals surface area contributed by atoms with Crippen molar-refractivity contribution in [1.82, 2.24) is 10.2 Å². The summed E-state index contributed by atoms with van der Waals surface area (Å²) in [5.41, 5.74) is 4.15. The van der Waals surface area contributed by atoms with Crippen LogP contribution in [0.15, 0.2) is 42.6 Å². The molecule has 0 fully saturated rings. The van der Waals surface area contributed by atoms with Gasteiger partial charge >= 0.3 is 0 Å². The minimum atomic E-state index is 0.0482. The lowest BCUT2D eigenvalue weighted by Gasteiger charge is -2.12. The molecule has 0 aliphatic heterocycles. The number of ether oxygens (including phenoxy) is 2. The van der Waals surface area contributed by atoms with Gasteiger partial charge < -0.3 is 14.6 Å². The molecule has 5 nitrogen and oxygen atoms in total. The monoisotopic (exact) mass is 356 g/mol. The number of thiol groups is 1. The number of nitrogens with zero attached hydrogens (tertiary/aromatic N) is 1. The van der Waals surface area contributed by atoms with E-state index in [2.05, 4.69) is 22.8 Å². The molecule has 0 amide bonds. The molecule has 1 aromatic heterocycles. The van der Waals surface area contributed by atoms with Crippen molar-refractivity contribution >= 4 is 12.6 Å². The lowest BCUT2D eigenvalue weighted by molar-refractivity contribution is 0.355. The summed E-state index contributed by atoms with van der Waals surface area (Å²) in [4.78, 5) is 0. The molecule has 3 rings (SSSR count). The van der Waals surface area contributed by atoms with Crippen LogP contribution in [0, 0.1) is 0 Å². The molecule has 1 heterocycles. The van der Waals surface area contributed by atoms with Gasteiger partial charge in [-0.3, -0.25) is 5.10 Å². The smallest absolute Gasteiger partial charge is 0.161 e. The van der Waals surface area contributed by atoms with Crippen molar-refractivity contribution in [2.45, 2.75) is 12.2 Å². The summed E-state index contributed by atoms with van der Waals surface area (Å²) in [6.07, 6.45) is 1.73. The normalized spacial score (nSPS) is 12.0. The summed E-state index contributed by atoms with van der Waals surface area (Å²) in [5.74, 6) is 1.48. The molecule has 25 heavy (non-hydrogen) atoms. The fourth-order valence-electron chi connectivity index (χ4n) is 2.73. The van der Waals surface area contributed by atoms with Crippen LogP contribution >= 0.6 is 12.6 Å². The predicted molar refractivity (Wildman–Crippen MR) is 102 cm³/mol. The molecule has 6 heteroatoms. The molecule has 0 aliphatic carbocycles. The largest absolute Gasteiger partial charge is 0.507 e. The van der Waals surface area contributed by atoms with Crippen molar-refractivity contribution in [2.75, 3.05) is 14.2 Å². The Kier molecular flexibility index (Phi) is 4.90. The number of aromatic amines is 1. The second kappa shape index (κ2) is 7.11. The topological polar surface area (TPSA) is 67.4 Å². The summed E-state index contributed by atoms with van der Waals surface area (Å²) in [6.45, 7) is 1.96. The minimum Gasteiger partial charge on any atom is -0.507 e. The van der Waals surface area contributed by atoms with Gasteiger partial charge in [0.1, 0.15) is 5.75 Å². The highest BCUT2D eigenvalue weighted by molar-refractivity contribution is 7.80. The lowest BCUT2D eigenvalue weighted by atomic mass is 9.99. The van der Waals surface area contributed by atoms with Crippen molar-refractivity contribution in [3.8, 4) is 39.6 Å². The van der Waals surface area contributed by atoms with Crippen LogP contribution in [0.5, 0.6) is 17.2 Å². The average Bonchev–Trinajstić information content (AvgIpc) is 3.10. The van der Waals surface area contributed by atoms with E-state index in [1.807, 2.05) is 37.3 Å². The SMILES string of the molecule is COc1ccc(-c2cn[nH]c2-c2ccc(C(C)S)cc2O)cc1OC. The van der Waals surface area contributed by atoms with E-state index in [1.165, 1.54) is 0 Å². The molecular formula is C19H20N2O3S. The van der Waals surface area contributed by atoms with Gasteiger partial charge in [-0.15, -0.1) is 0 Å². The van der Waals surface area contributed by atoms with Gasteiger partial charge in [0.05, 0.1) is 26.1 Å². The van der Waals surface area contributed by atoms with E-state index < -0.39 is 0 Å². The second-order valence-electron chi connectivity index (χ2n) is 5.68. The number of phenols is 1. The van der Waals surface area contributed by atoms with Crippen LogP contribution in [0.4, 0.5) is 0 Å². The van der Waals surface area contributed by atoms with Crippen LogP contribution in [-0.2, 0) is 0 Å².